The molecule has 22 heavy (non-hydrogen) atoms. The lowest BCUT2D eigenvalue weighted by Gasteiger charge is -2.14. The number of aryl methyl sites for hydroxylation is 1. The van der Waals surface area contributed by atoms with Gasteiger partial charge < -0.3 is 19.5 Å². The highest BCUT2D eigenvalue weighted by atomic mass is 32.1. The molecule has 0 bridgehead atoms. The van der Waals surface area contributed by atoms with Gasteiger partial charge in [-0.05, 0) is 25.1 Å². The van der Waals surface area contributed by atoms with Crippen molar-refractivity contribution in [2.75, 3.05) is 21.3 Å². The van der Waals surface area contributed by atoms with Crippen molar-refractivity contribution in [1.82, 2.24) is 5.32 Å². The van der Waals surface area contributed by atoms with Crippen LogP contribution in [0, 0.1) is 6.92 Å². The zero-order valence-electron chi connectivity index (χ0n) is 13.1. The van der Waals surface area contributed by atoms with Gasteiger partial charge in [0.15, 0.2) is 11.5 Å². The first-order chi connectivity index (χ1) is 10.6. The van der Waals surface area contributed by atoms with Gasteiger partial charge in [-0.25, -0.2) is 0 Å². The van der Waals surface area contributed by atoms with Gasteiger partial charge in [0.25, 0.3) is 5.91 Å². The zero-order valence-corrected chi connectivity index (χ0v) is 13.9. The average molecular weight is 321 g/mol. The van der Waals surface area contributed by atoms with E-state index in [1.54, 1.807) is 33.5 Å². The molecule has 0 radical (unpaired) electrons. The van der Waals surface area contributed by atoms with E-state index in [-0.39, 0.29) is 5.91 Å². The molecular formula is C16H19NO4S. The standard InChI is InChI=1S/C16H19NO4S/c1-10-5-6-15(22-10)16(18)17-9-11-7-13(20-3)14(21-4)8-12(11)19-2/h5-8H,9H2,1-4H3,(H,17,18). The summed E-state index contributed by atoms with van der Waals surface area (Å²) in [6.45, 7) is 2.32. The van der Waals surface area contributed by atoms with E-state index >= 15 is 0 Å². The number of methoxy groups -OCH3 is 3. The van der Waals surface area contributed by atoms with Gasteiger partial charge in [0.05, 0.1) is 26.2 Å². The van der Waals surface area contributed by atoms with Crippen molar-refractivity contribution in [3.8, 4) is 17.2 Å². The minimum Gasteiger partial charge on any atom is -0.496 e. The molecule has 0 saturated heterocycles. The lowest BCUT2D eigenvalue weighted by Crippen LogP contribution is -2.22. The van der Waals surface area contributed by atoms with E-state index in [1.165, 1.54) is 11.3 Å². The Morgan fingerprint density at radius 3 is 2.23 bits per heavy atom. The summed E-state index contributed by atoms with van der Waals surface area (Å²) >= 11 is 1.47. The van der Waals surface area contributed by atoms with E-state index in [9.17, 15) is 4.79 Å². The molecule has 5 nitrogen and oxygen atoms in total. The molecule has 1 aromatic carbocycles. The van der Waals surface area contributed by atoms with Crippen LogP contribution in [0.15, 0.2) is 24.3 Å². The molecule has 1 heterocycles. The maximum atomic E-state index is 12.1. The Morgan fingerprint density at radius 2 is 1.68 bits per heavy atom. The molecule has 0 spiro atoms. The zero-order chi connectivity index (χ0) is 16.1. The van der Waals surface area contributed by atoms with Crippen LogP contribution in [0.25, 0.3) is 0 Å². The van der Waals surface area contributed by atoms with Crippen LogP contribution in [0.2, 0.25) is 0 Å². The third kappa shape index (κ3) is 3.51. The van der Waals surface area contributed by atoms with Crippen LogP contribution in [-0.2, 0) is 6.54 Å². The van der Waals surface area contributed by atoms with Crippen LogP contribution in [0.3, 0.4) is 0 Å². The van der Waals surface area contributed by atoms with Crippen molar-refractivity contribution < 1.29 is 19.0 Å². The van der Waals surface area contributed by atoms with E-state index in [0.29, 0.717) is 28.7 Å². The smallest absolute Gasteiger partial charge is 0.261 e. The molecule has 0 fully saturated rings. The largest absolute Gasteiger partial charge is 0.496 e. The number of carbonyl (C=O) groups excluding carboxylic acids is 1. The molecule has 0 aliphatic rings. The number of ether oxygens (including phenoxy) is 3. The monoisotopic (exact) mass is 321 g/mol. The molecule has 118 valence electrons. The summed E-state index contributed by atoms with van der Waals surface area (Å²) in [6, 6.07) is 7.30. The minimum absolute atomic E-state index is 0.102. The van der Waals surface area contributed by atoms with Gasteiger partial charge in [-0.1, -0.05) is 0 Å². The summed E-state index contributed by atoms with van der Waals surface area (Å²) in [4.78, 5) is 13.9. The summed E-state index contributed by atoms with van der Waals surface area (Å²) in [6.07, 6.45) is 0. The highest BCUT2D eigenvalue weighted by molar-refractivity contribution is 7.13. The van der Waals surface area contributed by atoms with Gasteiger partial charge in [0, 0.05) is 23.1 Å². The number of carbonyl (C=O) groups is 1. The second-order valence-corrected chi connectivity index (χ2v) is 5.90. The minimum atomic E-state index is -0.102. The fraction of sp³-hybridized carbons (Fsp3) is 0.312. The Kier molecular flexibility index (Phi) is 5.27. The molecular weight excluding hydrogens is 302 g/mol. The van der Waals surface area contributed by atoms with Crippen molar-refractivity contribution in [2.24, 2.45) is 0 Å². The van der Waals surface area contributed by atoms with Gasteiger partial charge in [0.1, 0.15) is 5.75 Å². The number of hydrogen-bond donors (Lipinski definition) is 1. The second-order valence-electron chi connectivity index (χ2n) is 4.61. The lowest BCUT2D eigenvalue weighted by atomic mass is 10.1. The highest BCUT2D eigenvalue weighted by Gasteiger charge is 2.14. The van der Waals surface area contributed by atoms with E-state index in [4.69, 9.17) is 14.2 Å². The second kappa shape index (κ2) is 7.17. The van der Waals surface area contributed by atoms with Gasteiger partial charge >= 0.3 is 0 Å². The molecule has 0 aliphatic carbocycles. The number of amides is 1. The van der Waals surface area contributed by atoms with Crippen LogP contribution in [0.5, 0.6) is 17.2 Å². The van der Waals surface area contributed by atoms with Crippen LogP contribution in [0.1, 0.15) is 20.1 Å². The van der Waals surface area contributed by atoms with Crippen molar-refractivity contribution in [2.45, 2.75) is 13.5 Å². The van der Waals surface area contributed by atoms with Gasteiger partial charge in [-0.2, -0.15) is 0 Å². The summed E-state index contributed by atoms with van der Waals surface area (Å²) in [5.74, 6) is 1.72. The molecule has 1 amide bonds. The van der Waals surface area contributed by atoms with E-state index in [2.05, 4.69) is 5.32 Å². The maximum absolute atomic E-state index is 12.1. The van der Waals surface area contributed by atoms with Crippen LogP contribution >= 0.6 is 11.3 Å². The third-order valence-corrected chi connectivity index (χ3v) is 4.19. The molecule has 2 rings (SSSR count). The van der Waals surface area contributed by atoms with Crippen molar-refractivity contribution >= 4 is 17.2 Å². The van der Waals surface area contributed by atoms with E-state index in [0.717, 1.165) is 10.4 Å². The number of nitrogens with one attached hydrogen (secondary N) is 1. The Hall–Kier alpha value is -2.21. The first-order valence-electron chi connectivity index (χ1n) is 6.72. The Balaban J connectivity index is 2.16. The number of thiophene rings is 1. The molecule has 0 aliphatic heterocycles. The number of rotatable bonds is 6. The van der Waals surface area contributed by atoms with E-state index < -0.39 is 0 Å². The Labute approximate surface area is 133 Å². The number of hydrogen-bond acceptors (Lipinski definition) is 5. The molecule has 0 unspecified atom stereocenters. The fourth-order valence-electron chi connectivity index (χ4n) is 2.05. The van der Waals surface area contributed by atoms with E-state index in [1.807, 2.05) is 19.1 Å². The quantitative estimate of drug-likeness (QED) is 0.888. The van der Waals surface area contributed by atoms with Crippen molar-refractivity contribution in [3.05, 3.63) is 39.6 Å². The summed E-state index contributed by atoms with van der Waals surface area (Å²) in [5.41, 5.74) is 0.821. The molecule has 1 aromatic heterocycles. The van der Waals surface area contributed by atoms with Gasteiger partial charge in [-0.3, -0.25) is 4.79 Å². The molecule has 6 heteroatoms. The highest BCUT2D eigenvalue weighted by Crippen LogP contribution is 2.34. The third-order valence-electron chi connectivity index (χ3n) is 3.19. The lowest BCUT2D eigenvalue weighted by molar-refractivity contribution is 0.0954. The summed E-state index contributed by atoms with van der Waals surface area (Å²) in [7, 11) is 4.72. The van der Waals surface area contributed by atoms with Crippen molar-refractivity contribution in [3.63, 3.8) is 0 Å². The van der Waals surface area contributed by atoms with Gasteiger partial charge in [-0.15, -0.1) is 11.3 Å². The van der Waals surface area contributed by atoms with Crippen LogP contribution in [-0.4, -0.2) is 27.2 Å². The topological polar surface area (TPSA) is 56.8 Å². The first kappa shape index (κ1) is 16.2. The van der Waals surface area contributed by atoms with Crippen LogP contribution < -0.4 is 19.5 Å². The normalized spacial score (nSPS) is 10.2. The van der Waals surface area contributed by atoms with Crippen molar-refractivity contribution in [1.29, 1.82) is 0 Å². The molecule has 0 saturated carbocycles. The summed E-state index contributed by atoms with van der Waals surface area (Å²) < 4.78 is 15.9. The number of benzene rings is 1. The predicted molar refractivity (Wildman–Crippen MR) is 86.3 cm³/mol. The van der Waals surface area contributed by atoms with Crippen LogP contribution in [0.4, 0.5) is 0 Å². The first-order valence-corrected chi connectivity index (χ1v) is 7.54. The summed E-state index contributed by atoms with van der Waals surface area (Å²) in [5, 5.41) is 2.89. The molecule has 0 atom stereocenters. The molecule has 1 N–H and O–H groups in total. The fourth-order valence-corrected chi connectivity index (χ4v) is 2.83. The Bertz CT molecular complexity index is 666. The maximum Gasteiger partial charge on any atom is 0.261 e. The average Bonchev–Trinajstić information content (AvgIpc) is 2.98. The SMILES string of the molecule is COc1cc(OC)c(OC)cc1CNC(=O)c1ccc(C)s1. The predicted octanol–water partition coefficient (Wildman–Crippen LogP) is 3.01. The van der Waals surface area contributed by atoms with Gasteiger partial charge in [0.2, 0.25) is 0 Å². The Morgan fingerprint density at radius 1 is 1.05 bits per heavy atom. The molecule has 2 aromatic rings.